The first-order valence-electron chi connectivity index (χ1n) is 5.56. The quantitative estimate of drug-likeness (QED) is 0.634. The van der Waals surface area contributed by atoms with Crippen LogP contribution in [0.3, 0.4) is 0 Å². The summed E-state index contributed by atoms with van der Waals surface area (Å²) in [5.41, 5.74) is 6.67. The summed E-state index contributed by atoms with van der Waals surface area (Å²) < 4.78 is 0. The number of hydrogen-bond acceptors (Lipinski definition) is 1. The van der Waals surface area contributed by atoms with Gasteiger partial charge in [0.15, 0.2) is 0 Å². The van der Waals surface area contributed by atoms with E-state index in [1.807, 2.05) is 0 Å². The summed E-state index contributed by atoms with van der Waals surface area (Å²) in [6.07, 6.45) is 10.3. The van der Waals surface area contributed by atoms with Crippen LogP contribution in [0, 0.1) is 17.3 Å². The maximum absolute atomic E-state index is 6.01. The predicted octanol–water partition coefficient (Wildman–Crippen LogP) is 2.30. The van der Waals surface area contributed by atoms with Crippen molar-refractivity contribution in [2.75, 3.05) is 0 Å². The summed E-state index contributed by atoms with van der Waals surface area (Å²) in [6.45, 7) is 0. The molecule has 0 aromatic rings. The molecule has 3 unspecified atom stereocenters. The van der Waals surface area contributed by atoms with E-state index >= 15 is 0 Å². The summed E-state index contributed by atoms with van der Waals surface area (Å²) in [5.74, 6) is 2.20. The van der Waals surface area contributed by atoms with Crippen LogP contribution in [0.1, 0.15) is 44.9 Å². The van der Waals surface area contributed by atoms with Gasteiger partial charge in [0.25, 0.3) is 0 Å². The third-order valence-electron chi connectivity index (χ3n) is 4.46. The number of rotatable bonds is 1. The van der Waals surface area contributed by atoms with Gasteiger partial charge < -0.3 is 5.73 Å². The first-order chi connectivity index (χ1) is 5.80. The van der Waals surface area contributed by atoms with Crippen molar-refractivity contribution in [3.63, 3.8) is 0 Å². The van der Waals surface area contributed by atoms with Gasteiger partial charge in [0, 0.05) is 6.04 Å². The second kappa shape index (κ2) is 2.25. The van der Waals surface area contributed by atoms with Gasteiger partial charge in [-0.05, 0) is 49.4 Å². The zero-order valence-corrected chi connectivity index (χ0v) is 7.76. The van der Waals surface area contributed by atoms with Crippen LogP contribution in [0.2, 0.25) is 0 Å². The standard InChI is InChI=1S/C11H19N/c12-10-7-11(10)5-1-2-9(6-11)8-3-4-8/h8-10H,1-7,12H2. The molecule has 1 nitrogen and oxygen atoms in total. The number of hydrogen-bond donors (Lipinski definition) is 1. The highest BCUT2D eigenvalue weighted by Gasteiger charge is 2.55. The van der Waals surface area contributed by atoms with E-state index in [0.717, 1.165) is 11.8 Å². The Morgan fingerprint density at radius 2 is 1.75 bits per heavy atom. The molecule has 0 saturated heterocycles. The van der Waals surface area contributed by atoms with E-state index in [1.165, 1.54) is 44.9 Å². The van der Waals surface area contributed by atoms with Gasteiger partial charge in [-0.3, -0.25) is 0 Å². The lowest BCUT2D eigenvalue weighted by Gasteiger charge is -2.29. The van der Waals surface area contributed by atoms with Gasteiger partial charge in [-0.15, -0.1) is 0 Å². The minimum Gasteiger partial charge on any atom is -0.327 e. The van der Waals surface area contributed by atoms with Crippen molar-refractivity contribution < 1.29 is 0 Å². The summed E-state index contributed by atoms with van der Waals surface area (Å²) in [4.78, 5) is 0. The molecule has 0 radical (unpaired) electrons. The van der Waals surface area contributed by atoms with Crippen molar-refractivity contribution in [1.29, 1.82) is 0 Å². The van der Waals surface area contributed by atoms with Gasteiger partial charge in [-0.1, -0.05) is 12.8 Å². The highest BCUT2D eigenvalue weighted by Crippen LogP contribution is 2.59. The molecular formula is C11H19N. The molecule has 3 rings (SSSR count). The van der Waals surface area contributed by atoms with Crippen LogP contribution in [0.15, 0.2) is 0 Å². The van der Waals surface area contributed by atoms with Crippen LogP contribution >= 0.6 is 0 Å². The Bertz CT molecular complexity index is 197. The van der Waals surface area contributed by atoms with Crippen LogP contribution < -0.4 is 5.73 Å². The molecule has 1 spiro atoms. The molecule has 3 aliphatic carbocycles. The fourth-order valence-electron chi connectivity index (χ4n) is 3.31. The lowest BCUT2D eigenvalue weighted by atomic mass is 9.76. The van der Waals surface area contributed by atoms with Crippen LogP contribution in [-0.2, 0) is 0 Å². The highest BCUT2D eigenvalue weighted by molar-refractivity contribution is 5.09. The van der Waals surface area contributed by atoms with Gasteiger partial charge in [0.05, 0.1) is 0 Å². The molecular weight excluding hydrogens is 146 g/mol. The summed E-state index contributed by atoms with van der Waals surface area (Å²) in [7, 11) is 0. The topological polar surface area (TPSA) is 26.0 Å². The lowest BCUT2D eigenvalue weighted by Crippen LogP contribution is -2.23. The third-order valence-corrected chi connectivity index (χ3v) is 4.46. The largest absolute Gasteiger partial charge is 0.327 e. The molecule has 0 bridgehead atoms. The second-order valence-electron chi connectivity index (χ2n) is 5.37. The number of nitrogens with two attached hydrogens (primary N) is 1. The van der Waals surface area contributed by atoms with Crippen LogP contribution in [0.5, 0.6) is 0 Å². The molecule has 3 aliphatic rings. The SMILES string of the molecule is NC1CC12CCCC(C1CC1)C2. The zero-order chi connectivity index (χ0) is 8.18. The average Bonchev–Trinajstić information content (AvgIpc) is 2.92. The van der Waals surface area contributed by atoms with Crippen molar-refractivity contribution in [1.82, 2.24) is 0 Å². The first-order valence-corrected chi connectivity index (χ1v) is 5.56. The van der Waals surface area contributed by atoms with Crippen molar-refractivity contribution in [2.24, 2.45) is 23.0 Å². The highest BCUT2D eigenvalue weighted by atomic mass is 14.8. The van der Waals surface area contributed by atoms with Gasteiger partial charge in [-0.25, -0.2) is 0 Å². The Morgan fingerprint density at radius 3 is 2.33 bits per heavy atom. The fraction of sp³-hybridized carbons (Fsp3) is 1.00. The predicted molar refractivity (Wildman–Crippen MR) is 49.7 cm³/mol. The molecule has 0 aliphatic heterocycles. The molecule has 0 amide bonds. The molecule has 0 aromatic heterocycles. The maximum Gasteiger partial charge on any atom is 0.0102 e. The molecule has 12 heavy (non-hydrogen) atoms. The molecule has 68 valence electrons. The molecule has 0 aromatic carbocycles. The van der Waals surface area contributed by atoms with Crippen LogP contribution in [0.4, 0.5) is 0 Å². The maximum atomic E-state index is 6.01. The normalized spacial score (nSPS) is 52.8. The minimum atomic E-state index is 0.582. The summed E-state index contributed by atoms with van der Waals surface area (Å²) >= 11 is 0. The lowest BCUT2D eigenvalue weighted by molar-refractivity contribution is 0.219. The van der Waals surface area contributed by atoms with Crippen LogP contribution in [0.25, 0.3) is 0 Å². The summed E-state index contributed by atoms with van der Waals surface area (Å²) in [5, 5.41) is 0. The Hall–Kier alpha value is -0.0400. The monoisotopic (exact) mass is 165 g/mol. The van der Waals surface area contributed by atoms with Gasteiger partial charge in [-0.2, -0.15) is 0 Å². The molecule has 3 fully saturated rings. The zero-order valence-electron chi connectivity index (χ0n) is 7.76. The first kappa shape index (κ1) is 7.37. The van der Waals surface area contributed by atoms with Gasteiger partial charge in [0.2, 0.25) is 0 Å². The van der Waals surface area contributed by atoms with E-state index in [4.69, 9.17) is 5.73 Å². The fourth-order valence-corrected chi connectivity index (χ4v) is 3.31. The van der Waals surface area contributed by atoms with E-state index in [0.29, 0.717) is 11.5 Å². The van der Waals surface area contributed by atoms with Crippen molar-refractivity contribution in [3.8, 4) is 0 Å². The van der Waals surface area contributed by atoms with E-state index in [2.05, 4.69) is 0 Å². The smallest absolute Gasteiger partial charge is 0.0102 e. The molecule has 3 atom stereocenters. The van der Waals surface area contributed by atoms with E-state index in [9.17, 15) is 0 Å². The molecule has 1 heteroatoms. The molecule has 3 saturated carbocycles. The van der Waals surface area contributed by atoms with E-state index in [1.54, 1.807) is 0 Å². The van der Waals surface area contributed by atoms with Gasteiger partial charge >= 0.3 is 0 Å². The molecule has 0 heterocycles. The van der Waals surface area contributed by atoms with Crippen molar-refractivity contribution >= 4 is 0 Å². The van der Waals surface area contributed by atoms with E-state index in [-0.39, 0.29) is 0 Å². The third kappa shape index (κ3) is 1.02. The average molecular weight is 165 g/mol. The Balaban J connectivity index is 1.67. The Morgan fingerprint density at radius 1 is 1.00 bits per heavy atom. The Kier molecular flexibility index (Phi) is 1.39. The van der Waals surface area contributed by atoms with Crippen molar-refractivity contribution in [2.45, 2.75) is 51.0 Å². The summed E-state index contributed by atoms with van der Waals surface area (Å²) in [6, 6.07) is 0.582. The second-order valence-corrected chi connectivity index (χ2v) is 5.37. The van der Waals surface area contributed by atoms with Crippen molar-refractivity contribution in [3.05, 3.63) is 0 Å². The minimum absolute atomic E-state index is 0.582. The molecule has 2 N–H and O–H groups in total. The van der Waals surface area contributed by atoms with E-state index < -0.39 is 0 Å². The van der Waals surface area contributed by atoms with Crippen LogP contribution in [-0.4, -0.2) is 6.04 Å². The van der Waals surface area contributed by atoms with Gasteiger partial charge in [0.1, 0.15) is 0 Å². The Labute approximate surface area is 74.7 Å².